The molecule has 0 amide bonds. The molecular weight excluding hydrogens is 408 g/mol. The van der Waals surface area contributed by atoms with Crippen LogP contribution in [0.1, 0.15) is 24.0 Å². The average molecular weight is 429 g/mol. The number of hydrogen-bond acceptors (Lipinski definition) is 4. The van der Waals surface area contributed by atoms with Crippen LogP contribution in [0, 0.1) is 0 Å². The van der Waals surface area contributed by atoms with Gasteiger partial charge in [0.25, 0.3) is 10.0 Å². The molecule has 5 rings (SSSR count). The molecule has 3 aromatic carbocycles. The normalized spacial score (nSPS) is 16.3. The molecule has 0 unspecified atom stereocenters. The Kier molecular flexibility index (Phi) is 4.20. The molecule has 0 heterocycles. The third kappa shape index (κ3) is 3.41. The standard InChI is InChI=1S/C21H20N2O4S2/c24-28(25,22-16-10-11-16)17-4-2-5-18(13-17)29(26,27)23-20-12-9-15-8-7-14-3-1-6-19(20)21(14)15/h1-6,9,12-13,16,22-23H,7-8,10-11H2. The fourth-order valence-corrected chi connectivity index (χ4v) is 6.39. The molecule has 150 valence electrons. The summed E-state index contributed by atoms with van der Waals surface area (Å²) in [6.07, 6.45) is 3.53. The van der Waals surface area contributed by atoms with Crippen LogP contribution in [0.15, 0.2) is 64.4 Å². The van der Waals surface area contributed by atoms with Crippen LogP contribution in [-0.4, -0.2) is 22.9 Å². The number of rotatable bonds is 6. The maximum absolute atomic E-state index is 13.0. The summed E-state index contributed by atoms with van der Waals surface area (Å²) in [6.45, 7) is 0. The highest BCUT2D eigenvalue weighted by Gasteiger charge is 2.29. The molecular formula is C21H20N2O4S2. The van der Waals surface area contributed by atoms with Crippen molar-refractivity contribution in [3.8, 4) is 0 Å². The molecule has 29 heavy (non-hydrogen) atoms. The third-order valence-corrected chi connectivity index (χ3v) is 8.33. The lowest BCUT2D eigenvalue weighted by Gasteiger charge is -2.13. The molecule has 8 heteroatoms. The lowest BCUT2D eigenvalue weighted by molar-refractivity contribution is 0.580. The number of anilines is 1. The summed E-state index contributed by atoms with van der Waals surface area (Å²) >= 11 is 0. The molecule has 3 aromatic rings. The van der Waals surface area contributed by atoms with Gasteiger partial charge in [0.05, 0.1) is 15.5 Å². The first-order valence-electron chi connectivity index (χ1n) is 9.52. The van der Waals surface area contributed by atoms with Crippen molar-refractivity contribution in [2.45, 2.75) is 41.5 Å². The van der Waals surface area contributed by atoms with Crippen molar-refractivity contribution in [2.24, 2.45) is 0 Å². The van der Waals surface area contributed by atoms with Gasteiger partial charge in [0, 0.05) is 11.4 Å². The van der Waals surface area contributed by atoms with E-state index in [0.29, 0.717) is 5.69 Å². The number of hydrogen-bond donors (Lipinski definition) is 2. The molecule has 1 fully saturated rings. The van der Waals surface area contributed by atoms with Gasteiger partial charge in [-0.3, -0.25) is 4.72 Å². The topological polar surface area (TPSA) is 92.3 Å². The van der Waals surface area contributed by atoms with E-state index in [0.717, 1.165) is 36.5 Å². The van der Waals surface area contributed by atoms with Crippen molar-refractivity contribution in [3.63, 3.8) is 0 Å². The van der Waals surface area contributed by atoms with Crippen LogP contribution in [0.25, 0.3) is 10.8 Å². The Hall–Kier alpha value is -2.42. The number of sulfonamides is 2. The summed E-state index contributed by atoms with van der Waals surface area (Å²) in [4.78, 5) is -0.132. The second-order valence-corrected chi connectivity index (χ2v) is 11.0. The summed E-state index contributed by atoms with van der Waals surface area (Å²) in [6, 6.07) is 15.0. The smallest absolute Gasteiger partial charge is 0.261 e. The fraction of sp³-hybridized carbons (Fsp3) is 0.238. The van der Waals surface area contributed by atoms with E-state index in [1.165, 1.54) is 35.4 Å². The van der Waals surface area contributed by atoms with Crippen LogP contribution >= 0.6 is 0 Å². The molecule has 2 N–H and O–H groups in total. The molecule has 2 aliphatic carbocycles. The highest BCUT2D eigenvalue weighted by atomic mass is 32.2. The van der Waals surface area contributed by atoms with Crippen LogP contribution in [0.4, 0.5) is 5.69 Å². The van der Waals surface area contributed by atoms with Gasteiger partial charge >= 0.3 is 0 Å². The molecule has 0 radical (unpaired) electrons. The predicted octanol–water partition coefficient (Wildman–Crippen LogP) is 3.18. The molecule has 0 atom stereocenters. The summed E-state index contributed by atoms with van der Waals surface area (Å²) in [5.74, 6) is 0. The van der Waals surface area contributed by atoms with Gasteiger partial charge in [-0.15, -0.1) is 0 Å². The van der Waals surface area contributed by atoms with Crippen molar-refractivity contribution in [3.05, 3.63) is 65.7 Å². The van der Waals surface area contributed by atoms with E-state index in [-0.39, 0.29) is 15.8 Å². The van der Waals surface area contributed by atoms with Gasteiger partial charge in [-0.1, -0.05) is 30.3 Å². The molecule has 6 nitrogen and oxygen atoms in total. The Balaban J connectivity index is 1.52. The highest BCUT2D eigenvalue weighted by Crippen LogP contribution is 2.36. The number of nitrogens with one attached hydrogen (secondary N) is 2. The van der Waals surface area contributed by atoms with Gasteiger partial charge in [-0.25, -0.2) is 21.6 Å². The van der Waals surface area contributed by atoms with Gasteiger partial charge in [0.15, 0.2) is 0 Å². The van der Waals surface area contributed by atoms with E-state index in [4.69, 9.17) is 0 Å². The summed E-state index contributed by atoms with van der Waals surface area (Å²) in [5, 5.41) is 1.97. The quantitative estimate of drug-likeness (QED) is 0.631. The zero-order valence-electron chi connectivity index (χ0n) is 15.6. The monoisotopic (exact) mass is 428 g/mol. The fourth-order valence-electron chi connectivity index (χ4n) is 3.84. The summed E-state index contributed by atoms with van der Waals surface area (Å²) in [5.41, 5.74) is 2.94. The van der Waals surface area contributed by atoms with Gasteiger partial charge in [0.2, 0.25) is 10.0 Å². The van der Waals surface area contributed by atoms with Crippen molar-refractivity contribution in [1.82, 2.24) is 4.72 Å². The first kappa shape index (κ1) is 18.6. The van der Waals surface area contributed by atoms with E-state index < -0.39 is 20.0 Å². The van der Waals surface area contributed by atoms with Crippen LogP contribution in [0.2, 0.25) is 0 Å². The molecule has 0 saturated heterocycles. The highest BCUT2D eigenvalue weighted by molar-refractivity contribution is 7.93. The van der Waals surface area contributed by atoms with Crippen molar-refractivity contribution in [1.29, 1.82) is 0 Å². The number of benzene rings is 3. The van der Waals surface area contributed by atoms with E-state index in [9.17, 15) is 16.8 Å². The molecule has 0 spiro atoms. The molecule has 0 bridgehead atoms. The van der Waals surface area contributed by atoms with Crippen molar-refractivity contribution >= 4 is 36.5 Å². The Morgan fingerprint density at radius 3 is 2.14 bits per heavy atom. The second kappa shape index (κ2) is 6.55. The second-order valence-electron chi connectivity index (χ2n) is 7.59. The maximum Gasteiger partial charge on any atom is 0.261 e. The zero-order valence-corrected chi connectivity index (χ0v) is 17.2. The molecule has 0 aliphatic heterocycles. The maximum atomic E-state index is 13.0. The summed E-state index contributed by atoms with van der Waals surface area (Å²) in [7, 11) is -7.68. The largest absolute Gasteiger partial charge is 0.279 e. The van der Waals surface area contributed by atoms with Crippen molar-refractivity contribution < 1.29 is 16.8 Å². The minimum Gasteiger partial charge on any atom is -0.279 e. The first-order chi connectivity index (χ1) is 13.8. The Morgan fingerprint density at radius 1 is 0.759 bits per heavy atom. The van der Waals surface area contributed by atoms with E-state index in [1.54, 1.807) is 6.07 Å². The lowest BCUT2D eigenvalue weighted by atomic mass is 10.0. The zero-order chi connectivity index (χ0) is 20.2. The Labute approximate surface area is 170 Å². The number of aryl methyl sites for hydroxylation is 2. The van der Waals surface area contributed by atoms with Crippen LogP contribution in [-0.2, 0) is 32.9 Å². The predicted molar refractivity (Wildman–Crippen MR) is 112 cm³/mol. The van der Waals surface area contributed by atoms with E-state index >= 15 is 0 Å². The van der Waals surface area contributed by atoms with E-state index in [2.05, 4.69) is 15.5 Å². The average Bonchev–Trinajstić information content (AvgIpc) is 3.40. The van der Waals surface area contributed by atoms with Crippen LogP contribution in [0.5, 0.6) is 0 Å². The van der Waals surface area contributed by atoms with Gasteiger partial charge in [-0.2, -0.15) is 0 Å². The van der Waals surface area contributed by atoms with Crippen LogP contribution < -0.4 is 9.44 Å². The third-order valence-electron chi connectivity index (χ3n) is 5.45. The van der Waals surface area contributed by atoms with Crippen LogP contribution in [0.3, 0.4) is 0 Å². The van der Waals surface area contributed by atoms with Crippen molar-refractivity contribution in [2.75, 3.05) is 4.72 Å². The Morgan fingerprint density at radius 2 is 1.41 bits per heavy atom. The minimum atomic E-state index is -3.95. The molecule has 0 aromatic heterocycles. The lowest BCUT2D eigenvalue weighted by Crippen LogP contribution is -2.26. The molecule has 2 aliphatic rings. The first-order valence-corrected chi connectivity index (χ1v) is 12.5. The minimum absolute atomic E-state index is 0.0484. The SMILES string of the molecule is O=S(=O)(Nc1ccc2c3c(cccc13)CC2)c1cccc(S(=O)(=O)NC2CC2)c1. The Bertz CT molecular complexity index is 1330. The summed E-state index contributed by atoms with van der Waals surface area (Å²) < 4.78 is 56.2. The van der Waals surface area contributed by atoms with Gasteiger partial charge in [-0.05, 0) is 66.5 Å². The molecule has 1 saturated carbocycles. The van der Waals surface area contributed by atoms with Gasteiger partial charge in [0.1, 0.15) is 0 Å². The van der Waals surface area contributed by atoms with Gasteiger partial charge < -0.3 is 0 Å². The van der Waals surface area contributed by atoms with E-state index in [1.807, 2.05) is 18.2 Å².